The van der Waals surface area contributed by atoms with Crippen molar-refractivity contribution in [3.05, 3.63) is 75.6 Å². The molecule has 0 bridgehead atoms. The predicted molar refractivity (Wildman–Crippen MR) is 164 cm³/mol. The van der Waals surface area contributed by atoms with Crippen molar-refractivity contribution in [2.45, 2.75) is 58.9 Å². The van der Waals surface area contributed by atoms with E-state index in [-0.39, 0.29) is 40.0 Å². The molecule has 9 nitrogen and oxygen atoms in total. The van der Waals surface area contributed by atoms with Crippen LogP contribution in [0.5, 0.6) is 0 Å². The van der Waals surface area contributed by atoms with E-state index in [0.29, 0.717) is 28.0 Å². The number of nitrogens with one attached hydrogen (secondary N) is 1. The molecule has 1 aromatic carbocycles. The molecule has 2 heterocycles. The zero-order valence-electron chi connectivity index (χ0n) is 23.7. The second kappa shape index (κ2) is 12.9. The topological polar surface area (TPSA) is 154 Å². The van der Waals surface area contributed by atoms with Gasteiger partial charge in [-0.3, -0.25) is 9.59 Å². The second-order valence-corrected chi connectivity index (χ2v) is 14.1. The number of thioether (sulfide) groups is 2. The number of Topliss-reactive ketones (excluding diaryl/α,β-unsaturated/α-hetero) is 1. The summed E-state index contributed by atoms with van der Waals surface area (Å²) in [5.41, 5.74) is 3.15. The Morgan fingerprint density at radius 1 is 0.884 bits per heavy atom. The summed E-state index contributed by atoms with van der Waals surface area (Å²) in [4.78, 5) is 35.2. The molecular formula is C31H29N5O4S3. The third-order valence-corrected chi connectivity index (χ3v) is 10.5. The van der Waals surface area contributed by atoms with E-state index in [1.165, 1.54) is 35.7 Å². The maximum Gasteiger partial charge on any atom is 0.252 e. The third-order valence-electron chi connectivity index (χ3n) is 7.46. The number of rotatable bonds is 12. The van der Waals surface area contributed by atoms with Gasteiger partial charge >= 0.3 is 0 Å². The van der Waals surface area contributed by atoms with Crippen LogP contribution in [0.15, 0.2) is 51.3 Å². The van der Waals surface area contributed by atoms with Gasteiger partial charge in [0.25, 0.3) is 5.91 Å². The highest BCUT2D eigenvalue weighted by molar-refractivity contribution is 7.98. The number of benzene rings is 1. The van der Waals surface area contributed by atoms with Crippen LogP contribution in [0.2, 0.25) is 0 Å². The van der Waals surface area contributed by atoms with Crippen molar-refractivity contribution in [3.63, 3.8) is 0 Å². The van der Waals surface area contributed by atoms with Crippen LogP contribution in [0.3, 0.4) is 0 Å². The Kier molecular flexibility index (Phi) is 9.21. The lowest BCUT2D eigenvalue weighted by Crippen LogP contribution is -2.27. The summed E-state index contributed by atoms with van der Waals surface area (Å²) in [5, 5.41) is 23.2. The number of hydrogen-bond donors (Lipinski definition) is 1. The van der Waals surface area contributed by atoms with Gasteiger partial charge in [0, 0.05) is 35.3 Å². The number of nitrogens with zero attached hydrogens (tertiary/aromatic N) is 4. The monoisotopic (exact) mass is 631 g/mol. The summed E-state index contributed by atoms with van der Waals surface area (Å²) >= 11 is 2.60. The average Bonchev–Trinajstić information content (AvgIpc) is 3.93. The van der Waals surface area contributed by atoms with Crippen molar-refractivity contribution in [1.29, 1.82) is 10.5 Å². The first-order chi connectivity index (χ1) is 20.7. The first-order valence-corrected chi connectivity index (χ1v) is 17.9. The molecule has 220 valence electrons. The maximum atomic E-state index is 13.2. The van der Waals surface area contributed by atoms with Gasteiger partial charge in [-0.2, -0.15) is 10.5 Å². The molecule has 5 rings (SSSR count). The lowest BCUT2D eigenvalue weighted by molar-refractivity contribution is 0.0952. The summed E-state index contributed by atoms with van der Waals surface area (Å²) < 4.78 is 26.3. The Labute approximate surface area is 259 Å². The quantitative estimate of drug-likeness (QED) is 0.212. The van der Waals surface area contributed by atoms with Crippen LogP contribution < -0.4 is 5.32 Å². The molecule has 0 unspecified atom stereocenters. The zero-order valence-corrected chi connectivity index (χ0v) is 26.2. The van der Waals surface area contributed by atoms with Crippen LogP contribution in [-0.2, 0) is 16.3 Å². The predicted octanol–water partition coefficient (Wildman–Crippen LogP) is 5.05. The SMILES string of the molecule is CSc1nc(C2CC2)cc(C(=O)CS(=O)(=O)c2ccc(CCNC(=O)c3cc(C4CC4)nc(SC)c3C#N)cc2)c1C#N. The summed E-state index contributed by atoms with van der Waals surface area (Å²) in [5.74, 6) is -1.17. The lowest BCUT2D eigenvalue weighted by atomic mass is 10.1. The van der Waals surface area contributed by atoms with Crippen molar-refractivity contribution in [2.75, 3.05) is 24.8 Å². The van der Waals surface area contributed by atoms with Gasteiger partial charge < -0.3 is 5.32 Å². The van der Waals surface area contributed by atoms with Gasteiger partial charge in [0.1, 0.15) is 27.9 Å². The van der Waals surface area contributed by atoms with Crippen LogP contribution in [0.4, 0.5) is 0 Å². The van der Waals surface area contributed by atoms with E-state index in [1.807, 2.05) is 12.3 Å². The fraction of sp³-hybridized carbons (Fsp3) is 0.355. The van der Waals surface area contributed by atoms with Crippen LogP contribution in [0, 0.1) is 22.7 Å². The van der Waals surface area contributed by atoms with Crippen LogP contribution in [0.25, 0.3) is 0 Å². The molecule has 0 radical (unpaired) electrons. The highest BCUT2D eigenvalue weighted by Crippen LogP contribution is 2.41. The van der Waals surface area contributed by atoms with Gasteiger partial charge in [-0.05, 0) is 74.4 Å². The zero-order chi connectivity index (χ0) is 30.7. The minimum atomic E-state index is -3.97. The first-order valence-electron chi connectivity index (χ1n) is 13.8. The van der Waals surface area contributed by atoms with E-state index in [9.17, 15) is 28.5 Å². The van der Waals surface area contributed by atoms with E-state index in [4.69, 9.17) is 0 Å². The van der Waals surface area contributed by atoms with E-state index >= 15 is 0 Å². The van der Waals surface area contributed by atoms with Gasteiger partial charge in [-0.1, -0.05) is 12.1 Å². The summed E-state index contributed by atoms with van der Waals surface area (Å²) in [7, 11) is -3.97. The highest BCUT2D eigenvalue weighted by atomic mass is 32.2. The second-order valence-electron chi connectivity index (χ2n) is 10.6. The molecular weight excluding hydrogens is 603 g/mol. The summed E-state index contributed by atoms with van der Waals surface area (Å²) in [6.45, 7) is 0.282. The van der Waals surface area contributed by atoms with Crippen LogP contribution in [-0.4, -0.2) is 54.9 Å². The van der Waals surface area contributed by atoms with Crippen molar-refractivity contribution in [2.24, 2.45) is 0 Å². The summed E-state index contributed by atoms with van der Waals surface area (Å²) in [6.07, 6.45) is 8.01. The van der Waals surface area contributed by atoms with Crippen LogP contribution >= 0.6 is 23.5 Å². The van der Waals surface area contributed by atoms with Crippen molar-refractivity contribution >= 4 is 45.1 Å². The van der Waals surface area contributed by atoms with Gasteiger partial charge in [0.15, 0.2) is 15.6 Å². The van der Waals surface area contributed by atoms with E-state index < -0.39 is 21.4 Å². The Hall–Kier alpha value is -3.71. The number of amides is 1. The standard InChI is InChI=1S/C31H29N5O4S3/c1-41-30-24(15-32)22(13-26(35-30)19-5-6-19)28(37)17-43(39,40)21-9-3-18(4-10-21)11-12-34-29(38)23-14-27(20-7-8-20)36-31(42-2)25(23)16-33/h3-4,9-10,13-14,19-20H,5-8,11-12,17H2,1-2H3,(H,34,38). The smallest absolute Gasteiger partial charge is 0.252 e. The number of ketones is 1. The molecule has 2 saturated carbocycles. The molecule has 3 aromatic rings. The fourth-order valence-corrected chi connectivity index (χ4v) is 7.11. The number of sulfone groups is 1. The molecule has 2 aliphatic rings. The number of carbonyl (C=O) groups is 2. The van der Waals surface area contributed by atoms with Crippen molar-refractivity contribution < 1.29 is 18.0 Å². The van der Waals surface area contributed by atoms with E-state index in [2.05, 4.69) is 21.4 Å². The van der Waals surface area contributed by atoms with Gasteiger partial charge in [-0.25, -0.2) is 18.4 Å². The first kappa shape index (κ1) is 30.7. The average molecular weight is 632 g/mol. The molecule has 1 N–H and O–H groups in total. The van der Waals surface area contributed by atoms with E-state index in [0.717, 1.165) is 42.6 Å². The largest absolute Gasteiger partial charge is 0.352 e. The molecule has 0 atom stereocenters. The molecule has 12 heteroatoms. The van der Waals surface area contributed by atoms with Crippen molar-refractivity contribution in [3.8, 4) is 12.1 Å². The lowest BCUT2D eigenvalue weighted by Gasteiger charge is -2.12. The molecule has 0 saturated heterocycles. The van der Waals surface area contributed by atoms with E-state index in [1.54, 1.807) is 30.5 Å². The molecule has 0 aliphatic heterocycles. The molecule has 43 heavy (non-hydrogen) atoms. The third kappa shape index (κ3) is 6.93. The van der Waals surface area contributed by atoms with Crippen molar-refractivity contribution in [1.82, 2.24) is 15.3 Å². The summed E-state index contributed by atoms with van der Waals surface area (Å²) in [6, 6.07) is 13.6. The Morgan fingerprint density at radius 2 is 1.40 bits per heavy atom. The normalized spacial score (nSPS) is 14.5. The highest BCUT2D eigenvalue weighted by Gasteiger charge is 2.31. The number of pyridine rings is 2. The number of nitriles is 2. The Bertz CT molecular complexity index is 1790. The Balaban J connectivity index is 1.24. The van der Waals surface area contributed by atoms with Crippen LogP contribution in [0.1, 0.15) is 86.3 Å². The molecule has 1 amide bonds. The minimum absolute atomic E-state index is 0.00125. The van der Waals surface area contributed by atoms with Gasteiger partial charge in [0.05, 0.1) is 21.6 Å². The number of carbonyl (C=O) groups excluding carboxylic acids is 2. The van der Waals surface area contributed by atoms with Gasteiger partial charge in [-0.15, -0.1) is 23.5 Å². The fourth-order valence-electron chi connectivity index (χ4n) is 4.78. The Morgan fingerprint density at radius 3 is 1.88 bits per heavy atom. The molecule has 2 aliphatic carbocycles. The van der Waals surface area contributed by atoms with Gasteiger partial charge in [0.2, 0.25) is 0 Å². The minimum Gasteiger partial charge on any atom is -0.352 e. The number of hydrogen-bond acceptors (Lipinski definition) is 10. The molecule has 2 fully saturated rings. The molecule has 2 aromatic heterocycles. The number of aromatic nitrogens is 2. The molecule has 0 spiro atoms. The maximum absolute atomic E-state index is 13.2.